The molecule has 0 aliphatic carbocycles. The molecule has 0 spiro atoms. The number of para-hydroxylation sites is 2. The molecule has 7 nitrogen and oxygen atoms in total. The molecule has 0 aliphatic heterocycles. The lowest BCUT2D eigenvalue weighted by Crippen LogP contribution is -1.97. The Morgan fingerprint density at radius 1 is 1.04 bits per heavy atom. The van der Waals surface area contributed by atoms with E-state index >= 15 is 0 Å². The molecule has 0 N–H and O–H groups in total. The lowest BCUT2D eigenvalue weighted by molar-refractivity contribution is 0.267. The van der Waals surface area contributed by atoms with Gasteiger partial charge in [-0.15, -0.1) is 5.10 Å². The van der Waals surface area contributed by atoms with Gasteiger partial charge in [-0.3, -0.25) is 4.57 Å². The first-order valence-corrected chi connectivity index (χ1v) is 7.75. The van der Waals surface area contributed by atoms with E-state index in [9.17, 15) is 0 Å². The number of hydrogen-bond acceptors (Lipinski definition) is 6. The number of benzene rings is 2. The van der Waals surface area contributed by atoms with Gasteiger partial charge in [0.15, 0.2) is 18.0 Å². The summed E-state index contributed by atoms with van der Waals surface area (Å²) in [5, 5.41) is 8.10. The molecule has 126 valence electrons. The van der Waals surface area contributed by atoms with E-state index in [0.717, 1.165) is 28.2 Å². The summed E-state index contributed by atoms with van der Waals surface area (Å²) in [7, 11) is 3.42. The Balaban J connectivity index is 1.47. The fourth-order valence-electron chi connectivity index (χ4n) is 2.57. The van der Waals surface area contributed by atoms with Crippen molar-refractivity contribution in [1.29, 1.82) is 0 Å². The van der Waals surface area contributed by atoms with E-state index in [1.54, 1.807) is 11.7 Å². The second-order valence-corrected chi connectivity index (χ2v) is 5.46. The summed E-state index contributed by atoms with van der Waals surface area (Å²) < 4.78 is 18.3. The van der Waals surface area contributed by atoms with Crippen LogP contribution in [0.2, 0.25) is 0 Å². The predicted molar refractivity (Wildman–Crippen MR) is 91.3 cm³/mol. The molecule has 0 fully saturated rings. The van der Waals surface area contributed by atoms with Gasteiger partial charge in [0.25, 0.3) is 0 Å². The first kappa shape index (κ1) is 15.2. The van der Waals surface area contributed by atoms with Gasteiger partial charge < -0.3 is 13.9 Å². The minimum Gasteiger partial charge on any atom is -0.484 e. The SMILES string of the molecule is COc1nnc(-c2ccc(OCc3nc4ccccc4o3)cc2)n1C. The van der Waals surface area contributed by atoms with E-state index in [-0.39, 0.29) is 6.61 Å². The molecule has 2 aromatic heterocycles. The summed E-state index contributed by atoms with van der Waals surface area (Å²) in [6.45, 7) is 0.270. The molecule has 2 aromatic carbocycles. The van der Waals surface area contributed by atoms with Crippen molar-refractivity contribution < 1.29 is 13.9 Å². The highest BCUT2D eigenvalue weighted by Crippen LogP contribution is 2.23. The molecular weight excluding hydrogens is 320 g/mol. The van der Waals surface area contributed by atoms with Gasteiger partial charge in [-0.2, -0.15) is 0 Å². The molecule has 7 heteroatoms. The van der Waals surface area contributed by atoms with Crippen molar-refractivity contribution in [2.75, 3.05) is 7.11 Å². The molecule has 0 amide bonds. The summed E-state index contributed by atoms with van der Waals surface area (Å²) in [4.78, 5) is 4.39. The van der Waals surface area contributed by atoms with E-state index in [1.165, 1.54) is 0 Å². The van der Waals surface area contributed by atoms with Gasteiger partial charge in [0.05, 0.1) is 7.11 Å². The maximum atomic E-state index is 5.75. The molecule has 0 saturated carbocycles. The highest BCUT2D eigenvalue weighted by Gasteiger charge is 2.11. The van der Waals surface area contributed by atoms with Crippen LogP contribution >= 0.6 is 0 Å². The number of fused-ring (bicyclic) bond motifs is 1. The van der Waals surface area contributed by atoms with Crippen LogP contribution in [-0.2, 0) is 13.7 Å². The van der Waals surface area contributed by atoms with Crippen LogP contribution in [0, 0.1) is 0 Å². The third kappa shape index (κ3) is 2.91. The first-order valence-electron chi connectivity index (χ1n) is 7.75. The van der Waals surface area contributed by atoms with Crippen molar-refractivity contribution in [3.05, 3.63) is 54.4 Å². The number of methoxy groups -OCH3 is 1. The van der Waals surface area contributed by atoms with Gasteiger partial charge in [0, 0.05) is 12.6 Å². The van der Waals surface area contributed by atoms with Crippen LogP contribution in [-0.4, -0.2) is 26.9 Å². The molecule has 0 radical (unpaired) electrons. The number of aromatic nitrogens is 4. The Kier molecular flexibility index (Phi) is 3.81. The largest absolute Gasteiger partial charge is 0.484 e. The van der Waals surface area contributed by atoms with Crippen molar-refractivity contribution in [3.63, 3.8) is 0 Å². The zero-order chi connectivity index (χ0) is 17.2. The van der Waals surface area contributed by atoms with Crippen molar-refractivity contribution in [3.8, 4) is 23.1 Å². The molecule has 0 saturated heterocycles. The highest BCUT2D eigenvalue weighted by molar-refractivity contribution is 5.72. The van der Waals surface area contributed by atoms with Crippen LogP contribution in [0.25, 0.3) is 22.5 Å². The van der Waals surface area contributed by atoms with Gasteiger partial charge in [0.2, 0.25) is 5.89 Å². The second-order valence-electron chi connectivity index (χ2n) is 5.46. The highest BCUT2D eigenvalue weighted by atomic mass is 16.5. The Morgan fingerprint density at radius 3 is 2.56 bits per heavy atom. The van der Waals surface area contributed by atoms with Crippen LogP contribution in [0.1, 0.15) is 5.89 Å². The Hall–Kier alpha value is -3.35. The summed E-state index contributed by atoms with van der Waals surface area (Å²) in [5.41, 5.74) is 2.51. The summed E-state index contributed by atoms with van der Waals surface area (Å²) in [6.07, 6.45) is 0. The average Bonchev–Trinajstić information content (AvgIpc) is 3.23. The van der Waals surface area contributed by atoms with E-state index in [2.05, 4.69) is 15.2 Å². The van der Waals surface area contributed by atoms with E-state index in [1.807, 2.05) is 55.6 Å². The maximum absolute atomic E-state index is 5.75. The summed E-state index contributed by atoms with van der Waals surface area (Å²) >= 11 is 0. The fourth-order valence-corrected chi connectivity index (χ4v) is 2.57. The van der Waals surface area contributed by atoms with Crippen LogP contribution < -0.4 is 9.47 Å². The van der Waals surface area contributed by atoms with Crippen LogP contribution in [0.15, 0.2) is 52.9 Å². The number of rotatable bonds is 5. The van der Waals surface area contributed by atoms with Crippen molar-refractivity contribution in [1.82, 2.24) is 19.7 Å². The van der Waals surface area contributed by atoms with Gasteiger partial charge in [-0.1, -0.05) is 17.2 Å². The Labute approximate surface area is 143 Å². The molecule has 0 unspecified atom stereocenters. The van der Waals surface area contributed by atoms with Gasteiger partial charge in [0.1, 0.15) is 11.3 Å². The molecule has 25 heavy (non-hydrogen) atoms. The first-order chi connectivity index (χ1) is 12.2. The Bertz CT molecular complexity index is 972. The lowest BCUT2D eigenvalue weighted by Gasteiger charge is -2.05. The smallest absolute Gasteiger partial charge is 0.316 e. The summed E-state index contributed by atoms with van der Waals surface area (Å²) in [5.74, 6) is 1.99. The zero-order valence-electron chi connectivity index (χ0n) is 13.8. The molecule has 2 heterocycles. The van der Waals surface area contributed by atoms with Gasteiger partial charge >= 0.3 is 6.01 Å². The lowest BCUT2D eigenvalue weighted by atomic mass is 10.2. The van der Waals surface area contributed by atoms with E-state index in [0.29, 0.717) is 11.9 Å². The van der Waals surface area contributed by atoms with Crippen molar-refractivity contribution in [2.24, 2.45) is 7.05 Å². The normalized spacial score (nSPS) is 11.0. The third-order valence-corrected chi connectivity index (χ3v) is 3.83. The standard InChI is InChI=1S/C18H16N4O3/c1-22-17(20-21-18(22)23-2)12-7-9-13(10-8-12)24-11-16-19-14-5-3-4-6-15(14)25-16/h3-10H,11H2,1-2H3. The monoisotopic (exact) mass is 336 g/mol. The minimum absolute atomic E-state index is 0.270. The van der Waals surface area contributed by atoms with E-state index in [4.69, 9.17) is 13.9 Å². The molecule has 0 aliphatic rings. The topological polar surface area (TPSA) is 75.2 Å². The molecule has 4 rings (SSSR count). The predicted octanol–water partition coefficient (Wildman–Crippen LogP) is 3.21. The third-order valence-electron chi connectivity index (χ3n) is 3.83. The zero-order valence-corrected chi connectivity index (χ0v) is 13.8. The Morgan fingerprint density at radius 2 is 1.84 bits per heavy atom. The van der Waals surface area contributed by atoms with Crippen molar-refractivity contribution >= 4 is 11.1 Å². The van der Waals surface area contributed by atoms with Gasteiger partial charge in [-0.25, -0.2) is 4.98 Å². The maximum Gasteiger partial charge on any atom is 0.316 e. The number of ether oxygens (including phenoxy) is 2. The van der Waals surface area contributed by atoms with Gasteiger partial charge in [-0.05, 0) is 36.4 Å². The number of oxazole rings is 1. The fraction of sp³-hybridized carbons (Fsp3) is 0.167. The second kappa shape index (κ2) is 6.27. The van der Waals surface area contributed by atoms with Crippen LogP contribution in [0.3, 0.4) is 0 Å². The molecule has 0 bridgehead atoms. The minimum atomic E-state index is 0.270. The molecule has 4 aromatic rings. The van der Waals surface area contributed by atoms with E-state index < -0.39 is 0 Å². The summed E-state index contributed by atoms with van der Waals surface area (Å²) in [6, 6.07) is 15.7. The quantitative estimate of drug-likeness (QED) is 0.557. The number of nitrogens with zero attached hydrogens (tertiary/aromatic N) is 4. The average molecular weight is 336 g/mol. The van der Waals surface area contributed by atoms with Crippen LogP contribution in [0.5, 0.6) is 11.8 Å². The number of hydrogen-bond donors (Lipinski definition) is 0. The molecular formula is C18H16N4O3. The van der Waals surface area contributed by atoms with Crippen LogP contribution in [0.4, 0.5) is 0 Å². The van der Waals surface area contributed by atoms with Crippen molar-refractivity contribution in [2.45, 2.75) is 6.61 Å². The molecule has 0 atom stereocenters.